The van der Waals surface area contributed by atoms with E-state index in [9.17, 15) is 4.79 Å². The summed E-state index contributed by atoms with van der Waals surface area (Å²) in [5.74, 6) is 5.16. The molecule has 1 saturated heterocycles. The second-order valence-electron chi connectivity index (χ2n) is 6.61. The van der Waals surface area contributed by atoms with Gasteiger partial charge in [0.1, 0.15) is 0 Å². The molecule has 1 amide bonds. The fourth-order valence-corrected chi connectivity index (χ4v) is 3.38. The van der Waals surface area contributed by atoms with E-state index in [1.165, 1.54) is 25.7 Å². The van der Waals surface area contributed by atoms with Crippen LogP contribution in [-0.4, -0.2) is 54.5 Å². The largest absolute Gasteiger partial charge is 0.300 e. The van der Waals surface area contributed by atoms with Gasteiger partial charge < -0.3 is 0 Å². The van der Waals surface area contributed by atoms with Crippen LogP contribution in [0.2, 0.25) is 0 Å². The summed E-state index contributed by atoms with van der Waals surface area (Å²) in [4.78, 5) is 16.7. The maximum Gasteiger partial charge on any atom is 0.240 e. The number of carbonyl (C=O) groups excluding carboxylic acids is 1. The van der Waals surface area contributed by atoms with Crippen molar-refractivity contribution in [3.63, 3.8) is 0 Å². The fourth-order valence-electron chi connectivity index (χ4n) is 3.38. The Morgan fingerprint density at radius 2 is 1.79 bits per heavy atom. The van der Waals surface area contributed by atoms with E-state index in [2.05, 4.69) is 15.2 Å². The number of nitrogens with one attached hydrogen (secondary N) is 1. The molecule has 2 aliphatic rings. The lowest BCUT2D eigenvalue weighted by Gasteiger charge is -2.40. The molecule has 0 aromatic heterocycles. The van der Waals surface area contributed by atoms with Crippen LogP contribution in [0.15, 0.2) is 0 Å². The molecule has 5 nitrogen and oxygen atoms in total. The van der Waals surface area contributed by atoms with Gasteiger partial charge in [0.15, 0.2) is 0 Å². The molecule has 0 aromatic carbocycles. The van der Waals surface area contributed by atoms with Gasteiger partial charge in [-0.15, -0.1) is 0 Å². The van der Waals surface area contributed by atoms with Gasteiger partial charge in [-0.25, -0.2) is 5.84 Å². The zero-order chi connectivity index (χ0) is 13.9. The maximum atomic E-state index is 11.7. The molecule has 0 atom stereocenters. The Morgan fingerprint density at radius 1 is 1.21 bits per heavy atom. The summed E-state index contributed by atoms with van der Waals surface area (Å²) in [6.45, 7) is 9.12. The first-order valence-electron chi connectivity index (χ1n) is 7.50. The Kier molecular flexibility index (Phi) is 4.81. The number of hydrogen-bond donors (Lipinski definition) is 2. The van der Waals surface area contributed by atoms with Crippen LogP contribution in [0.3, 0.4) is 0 Å². The van der Waals surface area contributed by atoms with E-state index in [0.29, 0.717) is 0 Å². The van der Waals surface area contributed by atoms with Crippen molar-refractivity contribution < 1.29 is 4.79 Å². The van der Waals surface area contributed by atoms with Gasteiger partial charge in [0, 0.05) is 38.8 Å². The smallest absolute Gasteiger partial charge is 0.240 e. The van der Waals surface area contributed by atoms with Crippen molar-refractivity contribution in [3.05, 3.63) is 0 Å². The molecule has 0 spiro atoms. The first-order valence-corrected chi connectivity index (χ1v) is 7.50. The van der Waals surface area contributed by atoms with Crippen LogP contribution in [0.4, 0.5) is 0 Å². The molecule has 2 rings (SSSR count). The molecule has 0 aromatic rings. The summed E-state index contributed by atoms with van der Waals surface area (Å²) in [5.41, 5.74) is 1.86. The molecular weight excluding hydrogens is 240 g/mol. The summed E-state index contributed by atoms with van der Waals surface area (Å²) in [7, 11) is 0. The Labute approximate surface area is 116 Å². The quantitative estimate of drug-likeness (QED) is 0.444. The van der Waals surface area contributed by atoms with Gasteiger partial charge in [-0.2, -0.15) is 0 Å². The van der Waals surface area contributed by atoms with Crippen molar-refractivity contribution in [1.82, 2.24) is 15.2 Å². The molecule has 1 saturated carbocycles. The van der Waals surface area contributed by atoms with Gasteiger partial charge >= 0.3 is 0 Å². The van der Waals surface area contributed by atoms with Gasteiger partial charge in [-0.1, -0.05) is 12.8 Å². The Hall–Kier alpha value is -0.650. The predicted molar refractivity (Wildman–Crippen MR) is 76.4 cm³/mol. The minimum absolute atomic E-state index is 0.0780. The van der Waals surface area contributed by atoms with E-state index in [1.807, 2.05) is 13.8 Å². The first kappa shape index (κ1) is 14.8. The van der Waals surface area contributed by atoms with E-state index in [1.54, 1.807) is 0 Å². The van der Waals surface area contributed by atoms with E-state index in [0.717, 1.165) is 38.8 Å². The number of hydrogen-bond acceptors (Lipinski definition) is 4. The highest BCUT2D eigenvalue weighted by atomic mass is 16.2. The minimum atomic E-state index is -0.412. The Bertz CT molecular complexity index is 305. The third-order valence-corrected chi connectivity index (χ3v) is 4.61. The normalized spacial score (nSPS) is 23.7. The van der Waals surface area contributed by atoms with Gasteiger partial charge in [0.2, 0.25) is 5.91 Å². The SMILES string of the molecule is CC(C)(CN1CCN(C2CCCC2)CC1)C(=O)NN. The molecule has 5 heteroatoms. The zero-order valence-electron chi connectivity index (χ0n) is 12.3. The molecule has 110 valence electrons. The average Bonchev–Trinajstić information content (AvgIpc) is 2.92. The standard InChI is InChI=1S/C14H28N4O/c1-14(2,13(19)16-15)11-17-7-9-18(10-8-17)12-5-3-4-6-12/h12H,3-11,15H2,1-2H3,(H,16,19). The number of rotatable bonds is 4. The molecule has 1 aliphatic heterocycles. The Balaban J connectivity index is 1.78. The third kappa shape index (κ3) is 3.68. The summed E-state index contributed by atoms with van der Waals surface area (Å²) >= 11 is 0. The second kappa shape index (κ2) is 6.20. The van der Waals surface area contributed by atoms with Crippen molar-refractivity contribution in [2.75, 3.05) is 32.7 Å². The van der Waals surface area contributed by atoms with Crippen molar-refractivity contribution >= 4 is 5.91 Å². The molecule has 3 N–H and O–H groups in total. The van der Waals surface area contributed by atoms with Crippen LogP contribution in [0, 0.1) is 5.41 Å². The lowest BCUT2D eigenvalue weighted by atomic mass is 9.91. The zero-order valence-corrected chi connectivity index (χ0v) is 12.3. The van der Waals surface area contributed by atoms with Crippen LogP contribution < -0.4 is 11.3 Å². The number of piperazine rings is 1. The fraction of sp³-hybridized carbons (Fsp3) is 0.929. The van der Waals surface area contributed by atoms with E-state index in [4.69, 9.17) is 5.84 Å². The van der Waals surface area contributed by atoms with Crippen LogP contribution in [0.25, 0.3) is 0 Å². The predicted octanol–water partition coefficient (Wildman–Crippen LogP) is 0.563. The van der Waals surface area contributed by atoms with E-state index in [-0.39, 0.29) is 5.91 Å². The summed E-state index contributed by atoms with van der Waals surface area (Å²) in [6.07, 6.45) is 5.55. The van der Waals surface area contributed by atoms with Gasteiger partial charge in [-0.05, 0) is 26.7 Å². The molecular formula is C14H28N4O. The lowest BCUT2D eigenvalue weighted by Crippen LogP contribution is -2.54. The van der Waals surface area contributed by atoms with Crippen LogP contribution in [0.1, 0.15) is 39.5 Å². The van der Waals surface area contributed by atoms with E-state index < -0.39 is 5.41 Å². The number of nitrogens with zero attached hydrogens (tertiary/aromatic N) is 2. The first-order chi connectivity index (χ1) is 9.03. The van der Waals surface area contributed by atoms with Gasteiger partial charge in [0.05, 0.1) is 5.41 Å². The lowest BCUT2D eigenvalue weighted by molar-refractivity contribution is -0.130. The van der Waals surface area contributed by atoms with Crippen molar-refractivity contribution in [1.29, 1.82) is 0 Å². The number of carbonyl (C=O) groups is 1. The minimum Gasteiger partial charge on any atom is -0.300 e. The molecule has 1 aliphatic carbocycles. The maximum absolute atomic E-state index is 11.7. The van der Waals surface area contributed by atoms with Crippen LogP contribution in [0.5, 0.6) is 0 Å². The van der Waals surface area contributed by atoms with Crippen LogP contribution in [-0.2, 0) is 4.79 Å². The average molecular weight is 268 g/mol. The van der Waals surface area contributed by atoms with Crippen molar-refractivity contribution in [2.24, 2.45) is 11.3 Å². The number of nitrogens with two attached hydrogens (primary N) is 1. The highest BCUT2D eigenvalue weighted by molar-refractivity contribution is 5.81. The number of hydrazine groups is 1. The summed E-state index contributed by atoms with van der Waals surface area (Å²) < 4.78 is 0. The number of amides is 1. The Morgan fingerprint density at radius 3 is 2.32 bits per heavy atom. The van der Waals surface area contributed by atoms with Crippen molar-refractivity contribution in [2.45, 2.75) is 45.6 Å². The highest BCUT2D eigenvalue weighted by Crippen LogP contribution is 2.25. The molecule has 1 heterocycles. The molecule has 0 bridgehead atoms. The molecule has 19 heavy (non-hydrogen) atoms. The monoisotopic (exact) mass is 268 g/mol. The topological polar surface area (TPSA) is 61.6 Å². The molecule has 0 radical (unpaired) electrons. The highest BCUT2D eigenvalue weighted by Gasteiger charge is 2.32. The molecule has 0 unspecified atom stereocenters. The summed E-state index contributed by atoms with van der Waals surface area (Å²) in [5, 5.41) is 0. The molecule has 2 fully saturated rings. The second-order valence-corrected chi connectivity index (χ2v) is 6.61. The summed E-state index contributed by atoms with van der Waals surface area (Å²) in [6, 6.07) is 0.822. The van der Waals surface area contributed by atoms with E-state index >= 15 is 0 Å². The van der Waals surface area contributed by atoms with Crippen LogP contribution >= 0.6 is 0 Å². The van der Waals surface area contributed by atoms with Gasteiger partial charge in [-0.3, -0.25) is 20.0 Å². The van der Waals surface area contributed by atoms with Crippen molar-refractivity contribution in [3.8, 4) is 0 Å². The third-order valence-electron chi connectivity index (χ3n) is 4.61. The van der Waals surface area contributed by atoms with Gasteiger partial charge in [0.25, 0.3) is 0 Å².